The van der Waals surface area contributed by atoms with Gasteiger partial charge in [0.2, 0.25) is 0 Å². The van der Waals surface area contributed by atoms with E-state index in [4.69, 9.17) is 0 Å². The summed E-state index contributed by atoms with van der Waals surface area (Å²) in [5.74, 6) is 0. The second-order valence-electron chi connectivity index (χ2n) is 3.08. The molecular weight excluding hydrogens is 225 g/mol. The second-order valence-corrected chi connectivity index (χ2v) is 3.08. The maximum atomic E-state index is 12.1. The molecule has 2 heterocycles. The van der Waals surface area contributed by atoms with Gasteiger partial charge in [-0.25, -0.2) is 4.68 Å². The molecule has 0 aliphatic rings. The maximum absolute atomic E-state index is 12.1. The molecule has 0 spiro atoms. The van der Waals surface area contributed by atoms with Crippen LogP contribution >= 0.6 is 0 Å². The fourth-order valence-corrected chi connectivity index (χ4v) is 1.23. The molecule has 2 rings (SSSR count). The molecule has 0 saturated carbocycles. The molecule has 84 valence electrons. The Kier molecular flexibility index (Phi) is 2.33. The second kappa shape index (κ2) is 3.54. The van der Waals surface area contributed by atoms with Crippen LogP contribution in [0.2, 0.25) is 0 Å². The van der Waals surface area contributed by atoms with Gasteiger partial charge in [0, 0.05) is 0 Å². The lowest BCUT2D eigenvalue weighted by Gasteiger charge is -2.05. The Morgan fingerprint density at radius 2 is 2.19 bits per heavy atom. The molecule has 16 heavy (non-hydrogen) atoms. The van der Waals surface area contributed by atoms with E-state index in [9.17, 15) is 18.0 Å². The Morgan fingerprint density at radius 1 is 1.44 bits per heavy atom. The highest BCUT2D eigenvalue weighted by Crippen LogP contribution is 2.19. The largest absolute Gasteiger partial charge is 0.408 e. The van der Waals surface area contributed by atoms with Gasteiger partial charge in [0.1, 0.15) is 23.3 Å². The smallest absolute Gasteiger partial charge is 0.296 e. The Balaban J connectivity index is 2.45. The summed E-state index contributed by atoms with van der Waals surface area (Å²) in [7, 11) is 0. The Hall–Kier alpha value is -1.99. The minimum Gasteiger partial charge on any atom is -0.296 e. The van der Waals surface area contributed by atoms with E-state index in [1.54, 1.807) is 0 Å². The van der Waals surface area contributed by atoms with Gasteiger partial charge in [0.05, 0.1) is 6.20 Å². The van der Waals surface area contributed by atoms with Crippen molar-refractivity contribution in [3.8, 4) is 0 Å². The summed E-state index contributed by atoms with van der Waals surface area (Å²) in [5.41, 5.74) is 0.454. The first-order valence-electron chi connectivity index (χ1n) is 4.21. The van der Waals surface area contributed by atoms with Gasteiger partial charge in [0.25, 0.3) is 0 Å². The van der Waals surface area contributed by atoms with Gasteiger partial charge < -0.3 is 0 Å². The maximum Gasteiger partial charge on any atom is 0.408 e. The van der Waals surface area contributed by atoms with Crippen molar-refractivity contribution in [2.75, 3.05) is 0 Å². The van der Waals surface area contributed by atoms with Gasteiger partial charge in [-0.05, 0) is 6.07 Å². The highest BCUT2D eigenvalue weighted by molar-refractivity contribution is 5.81. The molecule has 0 saturated heterocycles. The van der Waals surface area contributed by atoms with Crippen LogP contribution in [-0.2, 0) is 6.54 Å². The molecule has 0 aliphatic carbocycles. The molecule has 5 nitrogen and oxygen atoms in total. The van der Waals surface area contributed by atoms with E-state index in [2.05, 4.69) is 15.3 Å². The number of aromatic nitrogens is 4. The summed E-state index contributed by atoms with van der Waals surface area (Å²) < 4.78 is 37.1. The van der Waals surface area contributed by atoms with Crippen molar-refractivity contribution in [3.63, 3.8) is 0 Å². The molecule has 0 unspecified atom stereocenters. The van der Waals surface area contributed by atoms with Crippen molar-refractivity contribution in [1.29, 1.82) is 0 Å². The van der Waals surface area contributed by atoms with E-state index < -0.39 is 12.7 Å². The Labute approximate surface area is 86.9 Å². The highest BCUT2D eigenvalue weighted by Gasteiger charge is 2.29. The van der Waals surface area contributed by atoms with Crippen molar-refractivity contribution in [3.05, 3.63) is 18.0 Å². The number of fused-ring (bicyclic) bond motifs is 1. The molecule has 0 radical (unpaired) electrons. The van der Waals surface area contributed by atoms with Crippen LogP contribution in [0.4, 0.5) is 13.2 Å². The Morgan fingerprint density at radius 3 is 2.81 bits per heavy atom. The van der Waals surface area contributed by atoms with Crippen LogP contribution in [0, 0.1) is 0 Å². The number of carbonyl (C=O) groups is 1. The van der Waals surface area contributed by atoms with E-state index in [0.29, 0.717) is 11.0 Å². The van der Waals surface area contributed by atoms with Crippen molar-refractivity contribution in [2.45, 2.75) is 12.7 Å². The predicted molar refractivity (Wildman–Crippen MR) is 46.8 cm³/mol. The third-order valence-electron chi connectivity index (χ3n) is 1.87. The molecule has 0 bridgehead atoms. The van der Waals surface area contributed by atoms with Crippen molar-refractivity contribution >= 4 is 17.3 Å². The van der Waals surface area contributed by atoms with Gasteiger partial charge in [-0.3, -0.25) is 9.78 Å². The molecule has 0 atom stereocenters. The SMILES string of the molecule is O=Cc1cc2nnn(CC(F)(F)F)c2cn1. The topological polar surface area (TPSA) is 60.7 Å². The standard InChI is InChI=1S/C8H5F3N4O/c9-8(10,11)4-15-7-2-12-5(3-16)1-6(7)13-14-15/h1-3H,4H2. The van der Waals surface area contributed by atoms with Crippen molar-refractivity contribution in [1.82, 2.24) is 20.0 Å². The fraction of sp³-hybridized carbons (Fsp3) is 0.250. The number of nitrogens with zero attached hydrogens (tertiary/aromatic N) is 4. The highest BCUT2D eigenvalue weighted by atomic mass is 19.4. The number of pyridine rings is 1. The van der Waals surface area contributed by atoms with Crippen LogP contribution < -0.4 is 0 Å². The summed E-state index contributed by atoms with van der Waals surface area (Å²) >= 11 is 0. The lowest BCUT2D eigenvalue weighted by atomic mass is 10.3. The number of aldehydes is 1. The fourth-order valence-electron chi connectivity index (χ4n) is 1.23. The first-order chi connectivity index (χ1) is 7.49. The molecule has 0 aromatic carbocycles. The summed E-state index contributed by atoms with van der Waals surface area (Å²) in [6.45, 7) is -1.23. The monoisotopic (exact) mass is 230 g/mol. The quantitative estimate of drug-likeness (QED) is 0.727. The zero-order valence-electron chi connectivity index (χ0n) is 7.77. The molecule has 8 heteroatoms. The first kappa shape index (κ1) is 10.5. The normalized spacial score (nSPS) is 11.9. The number of carbonyl (C=O) groups excluding carboxylic acids is 1. The molecule has 2 aromatic rings. The molecule has 0 aliphatic heterocycles. The zero-order valence-corrected chi connectivity index (χ0v) is 7.77. The van der Waals surface area contributed by atoms with Crippen LogP contribution in [0.25, 0.3) is 11.0 Å². The molecule has 0 amide bonds. The van der Waals surface area contributed by atoms with E-state index in [1.165, 1.54) is 6.07 Å². The summed E-state index contributed by atoms with van der Waals surface area (Å²) in [4.78, 5) is 14.0. The predicted octanol–water partition coefficient (Wildman–Crippen LogP) is 1.20. The van der Waals surface area contributed by atoms with Crippen LogP contribution in [0.1, 0.15) is 10.5 Å². The number of rotatable bonds is 2. The number of hydrogen-bond donors (Lipinski definition) is 0. The minimum atomic E-state index is -4.37. The number of alkyl halides is 3. The van der Waals surface area contributed by atoms with Gasteiger partial charge in [-0.15, -0.1) is 5.10 Å². The van der Waals surface area contributed by atoms with Gasteiger partial charge in [-0.1, -0.05) is 5.21 Å². The van der Waals surface area contributed by atoms with E-state index in [-0.39, 0.29) is 16.7 Å². The summed E-state index contributed by atoms with van der Waals surface area (Å²) in [5, 5.41) is 6.87. The van der Waals surface area contributed by atoms with E-state index >= 15 is 0 Å². The molecule has 0 N–H and O–H groups in total. The lowest BCUT2D eigenvalue weighted by molar-refractivity contribution is -0.142. The average Bonchev–Trinajstić information content (AvgIpc) is 2.58. The van der Waals surface area contributed by atoms with E-state index in [0.717, 1.165) is 6.20 Å². The number of halogens is 3. The van der Waals surface area contributed by atoms with Crippen LogP contribution in [-0.4, -0.2) is 32.4 Å². The minimum absolute atomic E-state index is 0.103. The van der Waals surface area contributed by atoms with Gasteiger partial charge >= 0.3 is 6.18 Å². The lowest BCUT2D eigenvalue weighted by Crippen LogP contribution is -2.18. The average molecular weight is 230 g/mol. The van der Waals surface area contributed by atoms with Gasteiger partial charge in [-0.2, -0.15) is 13.2 Å². The number of hydrogen-bond acceptors (Lipinski definition) is 4. The summed E-state index contributed by atoms with van der Waals surface area (Å²) in [6, 6.07) is 1.28. The molecular formula is C8H5F3N4O. The van der Waals surface area contributed by atoms with Crippen LogP contribution in [0.3, 0.4) is 0 Å². The van der Waals surface area contributed by atoms with Crippen LogP contribution in [0.15, 0.2) is 12.3 Å². The first-order valence-corrected chi connectivity index (χ1v) is 4.21. The molecule has 0 fully saturated rings. The van der Waals surface area contributed by atoms with Crippen molar-refractivity contribution in [2.24, 2.45) is 0 Å². The third kappa shape index (κ3) is 2.00. The zero-order chi connectivity index (χ0) is 11.8. The Bertz CT molecular complexity index is 534. The van der Waals surface area contributed by atoms with E-state index in [1.807, 2.05) is 0 Å². The third-order valence-corrected chi connectivity index (χ3v) is 1.87. The summed E-state index contributed by atoms with van der Waals surface area (Å²) in [6.07, 6.45) is -2.74. The van der Waals surface area contributed by atoms with Crippen LogP contribution in [0.5, 0.6) is 0 Å². The molecule has 2 aromatic heterocycles. The van der Waals surface area contributed by atoms with Gasteiger partial charge in [0.15, 0.2) is 6.29 Å². The van der Waals surface area contributed by atoms with Crippen molar-refractivity contribution < 1.29 is 18.0 Å².